The Morgan fingerprint density at radius 2 is 2.15 bits per heavy atom. The van der Waals surface area contributed by atoms with Crippen molar-refractivity contribution in [3.05, 3.63) is 33.2 Å². The highest BCUT2D eigenvalue weighted by Gasteiger charge is 2.25. The minimum absolute atomic E-state index is 0.00221. The number of unbranched alkanes of at least 4 members (excludes halogenated alkanes) is 1. The summed E-state index contributed by atoms with van der Waals surface area (Å²) in [6.07, 6.45) is 2.98. The smallest absolute Gasteiger partial charge is 0.261 e. The van der Waals surface area contributed by atoms with Crippen LogP contribution in [0.4, 0.5) is 0 Å². The van der Waals surface area contributed by atoms with Crippen molar-refractivity contribution < 1.29 is 9.59 Å². The van der Waals surface area contributed by atoms with Gasteiger partial charge in [0.15, 0.2) is 5.78 Å². The van der Waals surface area contributed by atoms with Crippen LogP contribution >= 0.6 is 0 Å². The molecule has 5 nitrogen and oxygen atoms in total. The summed E-state index contributed by atoms with van der Waals surface area (Å²) in [5.74, 6) is -0.179. The van der Waals surface area contributed by atoms with Crippen LogP contribution in [0, 0.1) is 5.92 Å². The summed E-state index contributed by atoms with van der Waals surface area (Å²) in [6, 6.07) is 1.45. The molecule has 5 heteroatoms. The second-order valence-electron chi connectivity index (χ2n) is 5.45. The summed E-state index contributed by atoms with van der Waals surface area (Å²) in [4.78, 5) is 38.6. The lowest BCUT2D eigenvalue weighted by Crippen LogP contribution is -2.33. The number of ketones is 1. The van der Waals surface area contributed by atoms with Gasteiger partial charge < -0.3 is 10.3 Å². The van der Waals surface area contributed by atoms with E-state index in [-0.39, 0.29) is 17.3 Å². The molecule has 0 radical (unpaired) electrons. The maximum Gasteiger partial charge on any atom is 0.261 e. The van der Waals surface area contributed by atoms with Crippen LogP contribution in [0.25, 0.3) is 0 Å². The molecule has 2 rings (SSSR count). The summed E-state index contributed by atoms with van der Waals surface area (Å²) in [7, 11) is 0. The van der Waals surface area contributed by atoms with Gasteiger partial charge in [-0.25, -0.2) is 0 Å². The number of H-pyrrole nitrogens is 1. The molecular formula is C15H20N2O3. The van der Waals surface area contributed by atoms with Gasteiger partial charge in [-0.2, -0.15) is 0 Å². The molecule has 0 aliphatic heterocycles. The highest BCUT2D eigenvalue weighted by Crippen LogP contribution is 2.23. The lowest BCUT2D eigenvalue weighted by atomic mass is 9.86. The Bertz CT molecular complexity index is 589. The molecule has 2 N–H and O–H groups in total. The van der Waals surface area contributed by atoms with E-state index in [1.165, 1.54) is 6.07 Å². The number of pyridine rings is 1. The Kier molecular flexibility index (Phi) is 4.37. The molecule has 0 bridgehead atoms. The van der Waals surface area contributed by atoms with Crippen molar-refractivity contribution >= 4 is 11.7 Å². The van der Waals surface area contributed by atoms with Crippen molar-refractivity contribution in [3.8, 4) is 0 Å². The molecule has 0 saturated heterocycles. The minimum Gasteiger partial charge on any atom is -0.352 e. The highest BCUT2D eigenvalue weighted by molar-refractivity contribution is 6.01. The first kappa shape index (κ1) is 14.5. The average molecular weight is 276 g/mol. The highest BCUT2D eigenvalue weighted by atomic mass is 16.2. The number of carbonyl (C=O) groups excluding carboxylic acids is 2. The normalized spacial score (nSPS) is 17.7. The minimum atomic E-state index is -0.417. The van der Waals surface area contributed by atoms with Gasteiger partial charge in [0.1, 0.15) is 5.56 Å². The second kappa shape index (κ2) is 6.03. The van der Waals surface area contributed by atoms with Gasteiger partial charge in [0.2, 0.25) is 0 Å². The zero-order valence-electron chi connectivity index (χ0n) is 11.9. The number of amides is 1. The summed E-state index contributed by atoms with van der Waals surface area (Å²) in [5.41, 5.74) is 0.759. The summed E-state index contributed by atoms with van der Waals surface area (Å²) in [6.45, 7) is 4.54. The Morgan fingerprint density at radius 1 is 1.40 bits per heavy atom. The van der Waals surface area contributed by atoms with E-state index in [2.05, 4.69) is 10.3 Å². The van der Waals surface area contributed by atoms with Gasteiger partial charge in [-0.3, -0.25) is 14.4 Å². The maximum absolute atomic E-state index is 12.0. The molecular weight excluding hydrogens is 256 g/mol. The third-order valence-electron chi connectivity index (χ3n) is 3.57. The predicted molar refractivity (Wildman–Crippen MR) is 76.1 cm³/mol. The van der Waals surface area contributed by atoms with Crippen molar-refractivity contribution in [2.45, 2.75) is 39.5 Å². The first-order chi connectivity index (χ1) is 9.52. The van der Waals surface area contributed by atoms with Crippen LogP contribution in [0.15, 0.2) is 10.9 Å². The Balaban J connectivity index is 2.28. The molecule has 1 amide bonds. The van der Waals surface area contributed by atoms with Crippen molar-refractivity contribution in [1.29, 1.82) is 0 Å². The van der Waals surface area contributed by atoms with Crippen LogP contribution < -0.4 is 10.9 Å². The molecule has 0 spiro atoms. The number of hydrogen-bond acceptors (Lipinski definition) is 3. The maximum atomic E-state index is 12.0. The zero-order chi connectivity index (χ0) is 14.7. The van der Waals surface area contributed by atoms with Crippen LogP contribution in [0.2, 0.25) is 0 Å². The third-order valence-corrected chi connectivity index (χ3v) is 3.57. The number of fused-ring (bicyclic) bond motifs is 1. The molecule has 1 aliphatic carbocycles. The first-order valence-corrected chi connectivity index (χ1v) is 7.10. The number of aromatic nitrogens is 1. The number of hydrogen-bond donors (Lipinski definition) is 2. The molecule has 1 aromatic rings. The van der Waals surface area contributed by atoms with E-state index < -0.39 is 11.5 Å². The second-order valence-corrected chi connectivity index (χ2v) is 5.45. The van der Waals surface area contributed by atoms with E-state index in [9.17, 15) is 14.4 Å². The lowest BCUT2D eigenvalue weighted by Gasteiger charge is -2.20. The number of carbonyl (C=O) groups is 2. The van der Waals surface area contributed by atoms with E-state index >= 15 is 0 Å². The monoisotopic (exact) mass is 276 g/mol. The van der Waals surface area contributed by atoms with Crippen molar-refractivity contribution in [2.24, 2.45) is 5.92 Å². The van der Waals surface area contributed by atoms with E-state index in [1.54, 1.807) is 0 Å². The zero-order valence-corrected chi connectivity index (χ0v) is 11.9. The molecule has 20 heavy (non-hydrogen) atoms. The molecule has 108 valence electrons. The van der Waals surface area contributed by atoms with Crippen LogP contribution in [0.5, 0.6) is 0 Å². The summed E-state index contributed by atoms with van der Waals surface area (Å²) < 4.78 is 0. The van der Waals surface area contributed by atoms with Gasteiger partial charge in [0.25, 0.3) is 11.5 Å². The van der Waals surface area contributed by atoms with Gasteiger partial charge >= 0.3 is 0 Å². The topological polar surface area (TPSA) is 79.0 Å². The largest absolute Gasteiger partial charge is 0.352 e. The average Bonchev–Trinajstić information content (AvgIpc) is 2.37. The molecule has 0 aromatic carbocycles. The number of Topliss-reactive ketones (excluding diaryl/α,β-unsaturated/α-hetero) is 1. The van der Waals surface area contributed by atoms with Crippen molar-refractivity contribution in [2.75, 3.05) is 6.54 Å². The Labute approximate surface area is 117 Å². The first-order valence-electron chi connectivity index (χ1n) is 7.10. The van der Waals surface area contributed by atoms with E-state index in [0.29, 0.717) is 30.6 Å². The number of aromatic amines is 1. The van der Waals surface area contributed by atoms with E-state index in [1.807, 2.05) is 13.8 Å². The fourth-order valence-corrected chi connectivity index (χ4v) is 2.47. The van der Waals surface area contributed by atoms with E-state index in [0.717, 1.165) is 12.8 Å². The summed E-state index contributed by atoms with van der Waals surface area (Å²) >= 11 is 0. The quantitative estimate of drug-likeness (QED) is 0.821. The third kappa shape index (κ3) is 2.98. The van der Waals surface area contributed by atoms with Crippen molar-refractivity contribution in [1.82, 2.24) is 10.3 Å². The van der Waals surface area contributed by atoms with Gasteiger partial charge in [0.05, 0.1) is 0 Å². The Hall–Kier alpha value is -1.91. The number of nitrogens with one attached hydrogen (secondary N) is 2. The predicted octanol–water partition coefficient (Wildman–Crippen LogP) is 1.67. The molecule has 1 heterocycles. The molecule has 1 atom stereocenters. The van der Waals surface area contributed by atoms with Gasteiger partial charge in [-0.15, -0.1) is 0 Å². The molecule has 0 saturated carbocycles. The molecule has 1 aliphatic rings. The summed E-state index contributed by atoms with van der Waals surface area (Å²) in [5, 5.41) is 2.70. The van der Waals surface area contributed by atoms with Crippen molar-refractivity contribution in [3.63, 3.8) is 0 Å². The lowest BCUT2D eigenvalue weighted by molar-refractivity contribution is 0.0951. The fraction of sp³-hybridized carbons (Fsp3) is 0.533. The van der Waals surface area contributed by atoms with Crippen LogP contribution in [0.1, 0.15) is 59.5 Å². The van der Waals surface area contributed by atoms with Crippen LogP contribution in [-0.4, -0.2) is 23.2 Å². The standard InChI is InChI=1S/C15H20N2O3/c1-3-4-5-16-14(19)11-8-10-12(17-15(11)20)6-9(2)7-13(10)18/h8-9H,3-7H2,1-2H3,(H,16,19)(H,17,20). The fourth-order valence-electron chi connectivity index (χ4n) is 2.47. The van der Waals surface area contributed by atoms with E-state index in [4.69, 9.17) is 0 Å². The molecule has 1 aromatic heterocycles. The SMILES string of the molecule is CCCCNC(=O)c1cc2c([nH]c1=O)CC(C)CC2=O. The Morgan fingerprint density at radius 3 is 2.85 bits per heavy atom. The molecule has 0 fully saturated rings. The number of rotatable bonds is 4. The van der Waals surface area contributed by atoms with Gasteiger partial charge in [-0.1, -0.05) is 20.3 Å². The van der Waals surface area contributed by atoms with Gasteiger partial charge in [0, 0.05) is 24.2 Å². The van der Waals surface area contributed by atoms with Crippen LogP contribution in [0.3, 0.4) is 0 Å². The molecule has 1 unspecified atom stereocenters. The van der Waals surface area contributed by atoms with Gasteiger partial charge in [-0.05, 0) is 24.8 Å². The van der Waals surface area contributed by atoms with Crippen LogP contribution in [-0.2, 0) is 6.42 Å².